The molecule has 1 aromatic heterocycles. The van der Waals surface area contributed by atoms with Gasteiger partial charge in [-0.05, 0) is 53.6 Å². The zero-order valence-electron chi connectivity index (χ0n) is 19.6. The highest BCUT2D eigenvalue weighted by Crippen LogP contribution is 2.32. The maximum absolute atomic E-state index is 13.4. The number of ether oxygens (including phenoxy) is 1. The summed E-state index contributed by atoms with van der Waals surface area (Å²) in [6.07, 6.45) is 2.01. The molecule has 1 fully saturated rings. The van der Waals surface area contributed by atoms with E-state index >= 15 is 0 Å². The maximum atomic E-state index is 13.4. The van der Waals surface area contributed by atoms with Gasteiger partial charge in [0.15, 0.2) is 0 Å². The molecule has 0 radical (unpaired) electrons. The summed E-state index contributed by atoms with van der Waals surface area (Å²) < 4.78 is 7.61. The largest absolute Gasteiger partial charge is 0.478 e. The van der Waals surface area contributed by atoms with Crippen molar-refractivity contribution in [3.05, 3.63) is 100 Å². The van der Waals surface area contributed by atoms with Gasteiger partial charge >= 0.3 is 5.97 Å². The second kappa shape index (κ2) is 10.4. The SMILES string of the molecule is O=C(O)c1ccc(CNC(=O)c2ccc(N3CCOCC3)c3ccn(Cc4cccc(Cl)c4)c23)cc1. The lowest BCUT2D eigenvalue weighted by molar-refractivity contribution is 0.0696. The first-order valence-electron chi connectivity index (χ1n) is 11.8. The van der Waals surface area contributed by atoms with E-state index < -0.39 is 5.97 Å². The molecule has 184 valence electrons. The van der Waals surface area contributed by atoms with Crippen LogP contribution in [0, 0.1) is 0 Å². The summed E-state index contributed by atoms with van der Waals surface area (Å²) in [6.45, 7) is 3.81. The highest BCUT2D eigenvalue weighted by Gasteiger charge is 2.20. The van der Waals surface area contributed by atoms with Crippen LogP contribution in [0.4, 0.5) is 5.69 Å². The molecule has 36 heavy (non-hydrogen) atoms. The van der Waals surface area contributed by atoms with Crippen LogP contribution < -0.4 is 10.2 Å². The third kappa shape index (κ3) is 5.08. The van der Waals surface area contributed by atoms with Crippen LogP contribution in [-0.2, 0) is 17.8 Å². The van der Waals surface area contributed by atoms with Crippen LogP contribution in [-0.4, -0.2) is 47.9 Å². The third-order valence-electron chi connectivity index (χ3n) is 6.39. The highest BCUT2D eigenvalue weighted by molar-refractivity contribution is 6.30. The van der Waals surface area contributed by atoms with Gasteiger partial charge in [-0.15, -0.1) is 0 Å². The molecule has 0 spiro atoms. The van der Waals surface area contributed by atoms with Crippen LogP contribution in [0.25, 0.3) is 10.9 Å². The van der Waals surface area contributed by atoms with Gasteiger partial charge in [0, 0.05) is 48.5 Å². The molecule has 8 heteroatoms. The van der Waals surface area contributed by atoms with E-state index in [1.165, 1.54) is 12.1 Å². The standard InChI is InChI=1S/C28H26ClN3O4/c29-22-3-1-2-20(16-22)18-32-11-10-23-25(31-12-14-36-15-13-31)9-8-24(26(23)32)27(33)30-17-19-4-6-21(7-5-19)28(34)35/h1-11,16H,12-15,17-18H2,(H,30,33)(H,34,35). The van der Waals surface area contributed by atoms with Crippen LogP contribution in [0.15, 0.2) is 72.9 Å². The van der Waals surface area contributed by atoms with E-state index in [4.69, 9.17) is 21.4 Å². The number of carboxylic acid groups (broad SMARTS) is 1. The number of hydrogen-bond donors (Lipinski definition) is 2. The molecule has 2 N–H and O–H groups in total. The average Bonchev–Trinajstić information content (AvgIpc) is 3.31. The topological polar surface area (TPSA) is 83.8 Å². The first kappa shape index (κ1) is 23.9. The van der Waals surface area contributed by atoms with Crippen LogP contribution in [0.5, 0.6) is 0 Å². The van der Waals surface area contributed by atoms with Crippen molar-refractivity contribution < 1.29 is 19.4 Å². The molecule has 1 saturated heterocycles. The molecule has 1 amide bonds. The molecule has 0 atom stereocenters. The molecule has 5 rings (SSSR count). The fourth-order valence-electron chi connectivity index (χ4n) is 4.58. The summed E-state index contributed by atoms with van der Waals surface area (Å²) in [4.78, 5) is 26.8. The fourth-order valence-corrected chi connectivity index (χ4v) is 4.79. The monoisotopic (exact) mass is 503 g/mol. The third-order valence-corrected chi connectivity index (χ3v) is 6.63. The molecular formula is C28H26ClN3O4. The van der Waals surface area contributed by atoms with E-state index in [-0.39, 0.29) is 11.5 Å². The van der Waals surface area contributed by atoms with Gasteiger partial charge in [-0.2, -0.15) is 0 Å². The van der Waals surface area contributed by atoms with Gasteiger partial charge in [0.1, 0.15) is 0 Å². The molecule has 1 aliphatic heterocycles. The summed E-state index contributed by atoms with van der Waals surface area (Å²) in [5.74, 6) is -1.17. The summed E-state index contributed by atoms with van der Waals surface area (Å²) in [5, 5.41) is 13.8. The fraction of sp³-hybridized carbons (Fsp3) is 0.214. The van der Waals surface area contributed by atoms with Crippen LogP contribution in [0.2, 0.25) is 5.02 Å². The molecule has 0 unspecified atom stereocenters. The Bertz CT molecular complexity index is 1410. The molecule has 1 aliphatic rings. The van der Waals surface area contributed by atoms with Crippen molar-refractivity contribution >= 4 is 40.1 Å². The van der Waals surface area contributed by atoms with Gasteiger partial charge in [0.2, 0.25) is 0 Å². The number of aromatic carboxylic acids is 1. The van der Waals surface area contributed by atoms with E-state index in [2.05, 4.69) is 20.9 Å². The van der Waals surface area contributed by atoms with Crippen molar-refractivity contribution in [2.24, 2.45) is 0 Å². The number of carbonyl (C=O) groups excluding carboxylic acids is 1. The van der Waals surface area contributed by atoms with Crippen molar-refractivity contribution in [3.63, 3.8) is 0 Å². The van der Waals surface area contributed by atoms with Crippen molar-refractivity contribution in [1.29, 1.82) is 0 Å². The smallest absolute Gasteiger partial charge is 0.335 e. The van der Waals surface area contributed by atoms with Gasteiger partial charge in [0.25, 0.3) is 5.91 Å². The number of aromatic nitrogens is 1. The lowest BCUT2D eigenvalue weighted by atomic mass is 10.1. The number of amides is 1. The highest BCUT2D eigenvalue weighted by atomic mass is 35.5. The minimum atomic E-state index is -0.978. The molecule has 2 heterocycles. The number of carboxylic acids is 1. The molecule has 0 bridgehead atoms. The first-order chi connectivity index (χ1) is 17.5. The van der Waals surface area contributed by atoms with E-state index in [1.54, 1.807) is 12.1 Å². The van der Waals surface area contributed by atoms with Crippen molar-refractivity contribution in [1.82, 2.24) is 9.88 Å². The van der Waals surface area contributed by atoms with Crippen LogP contribution >= 0.6 is 11.6 Å². The van der Waals surface area contributed by atoms with Gasteiger partial charge in [0.05, 0.1) is 29.9 Å². The molecule has 4 aromatic rings. The van der Waals surface area contributed by atoms with Crippen LogP contribution in [0.1, 0.15) is 31.8 Å². The Morgan fingerprint density at radius 3 is 2.47 bits per heavy atom. The summed E-state index contributed by atoms with van der Waals surface area (Å²) in [5.41, 5.74) is 4.60. The van der Waals surface area contributed by atoms with Crippen molar-refractivity contribution in [3.8, 4) is 0 Å². The predicted molar refractivity (Wildman–Crippen MR) is 140 cm³/mol. The minimum Gasteiger partial charge on any atom is -0.478 e. The number of halogens is 1. The number of benzene rings is 3. The Kier molecular flexibility index (Phi) is 6.93. The number of hydrogen-bond acceptors (Lipinski definition) is 4. The Hall–Kier alpha value is -3.81. The van der Waals surface area contributed by atoms with E-state index in [0.717, 1.165) is 40.8 Å². The molecular weight excluding hydrogens is 478 g/mol. The van der Waals surface area contributed by atoms with Gasteiger partial charge < -0.3 is 24.6 Å². The zero-order chi connectivity index (χ0) is 25.1. The van der Waals surface area contributed by atoms with Crippen molar-refractivity contribution in [2.75, 3.05) is 31.2 Å². The predicted octanol–water partition coefficient (Wildman–Crippen LogP) is 4.81. The second-order valence-corrected chi connectivity index (χ2v) is 9.19. The van der Waals surface area contributed by atoms with Gasteiger partial charge in [-0.25, -0.2) is 4.79 Å². The lowest BCUT2D eigenvalue weighted by Crippen LogP contribution is -2.36. The number of rotatable bonds is 7. The number of anilines is 1. The summed E-state index contributed by atoms with van der Waals surface area (Å²) >= 11 is 6.21. The molecule has 7 nitrogen and oxygen atoms in total. The minimum absolute atomic E-state index is 0.193. The van der Waals surface area contributed by atoms with E-state index in [9.17, 15) is 9.59 Å². The van der Waals surface area contributed by atoms with Gasteiger partial charge in [-0.1, -0.05) is 35.9 Å². The normalized spacial score (nSPS) is 13.6. The number of nitrogens with one attached hydrogen (secondary N) is 1. The number of nitrogens with zero attached hydrogens (tertiary/aromatic N) is 2. The second-order valence-electron chi connectivity index (χ2n) is 8.75. The van der Waals surface area contributed by atoms with Crippen LogP contribution in [0.3, 0.4) is 0 Å². The molecule has 3 aromatic carbocycles. The lowest BCUT2D eigenvalue weighted by Gasteiger charge is -2.29. The Morgan fingerprint density at radius 1 is 0.972 bits per heavy atom. The first-order valence-corrected chi connectivity index (χ1v) is 12.2. The molecule has 0 saturated carbocycles. The Morgan fingerprint density at radius 2 is 1.75 bits per heavy atom. The zero-order valence-corrected chi connectivity index (χ0v) is 20.4. The van der Waals surface area contributed by atoms with E-state index in [1.807, 2.05) is 42.6 Å². The Balaban J connectivity index is 1.47. The number of carbonyl (C=O) groups is 2. The number of morpholine rings is 1. The van der Waals surface area contributed by atoms with Gasteiger partial charge in [-0.3, -0.25) is 4.79 Å². The van der Waals surface area contributed by atoms with E-state index in [0.29, 0.717) is 36.9 Å². The quantitative estimate of drug-likeness (QED) is 0.378. The summed E-state index contributed by atoms with van der Waals surface area (Å²) in [7, 11) is 0. The van der Waals surface area contributed by atoms with Crippen molar-refractivity contribution in [2.45, 2.75) is 13.1 Å². The maximum Gasteiger partial charge on any atom is 0.335 e. The summed E-state index contributed by atoms with van der Waals surface area (Å²) in [6, 6.07) is 20.2. The Labute approximate surface area is 213 Å². The average molecular weight is 504 g/mol. The molecule has 0 aliphatic carbocycles. The number of fused-ring (bicyclic) bond motifs is 1.